The van der Waals surface area contributed by atoms with Gasteiger partial charge >= 0.3 is 17.2 Å². The van der Waals surface area contributed by atoms with Crippen LogP contribution in [-0.4, -0.2) is 34.7 Å². The zero-order chi connectivity index (χ0) is 20.7. The topological polar surface area (TPSA) is 89.9 Å². The van der Waals surface area contributed by atoms with E-state index >= 15 is 0 Å². The van der Waals surface area contributed by atoms with E-state index in [0.717, 1.165) is 6.07 Å². The van der Waals surface area contributed by atoms with Gasteiger partial charge in [-0.2, -0.15) is 0 Å². The van der Waals surface area contributed by atoms with Crippen LogP contribution in [0.2, 0.25) is 0 Å². The minimum Gasteiger partial charge on any atom is -0.481 e. The van der Waals surface area contributed by atoms with Crippen molar-refractivity contribution in [3.8, 4) is 16.9 Å². The monoisotopic (exact) mass is 410 g/mol. The Balaban J connectivity index is 2.31. The van der Waals surface area contributed by atoms with Crippen molar-refractivity contribution in [3.63, 3.8) is 0 Å². The van der Waals surface area contributed by atoms with Crippen LogP contribution in [-0.2, 0) is 9.53 Å². The molecule has 0 aliphatic carbocycles. The zero-order valence-corrected chi connectivity index (χ0v) is 15.6. The van der Waals surface area contributed by atoms with Gasteiger partial charge in [0.25, 0.3) is 0 Å². The lowest BCUT2D eigenvalue weighted by Gasteiger charge is -2.12. The second-order valence-electron chi connectivity index (χ2n) is 5.40. The van der Waals surface area contributed by atoms with Crippen LogP contribution < -0.4 is 4.74 Å². The van der Waals surface area contributed by atoms with Gasteiger partial charge in [0.2, 0.25) is 0 Å². The molecule has 0 amide bonds. The molecule has 2 aromatic carbocycles. The molecule has 0 aliphatic rings. The number of carboxylic acids is 1. The first-order valence-electron chi connectivity index (χ1n) is 8.14. The number of carboxylic acid groups (broad SMARTS) is 1. The molecule has 0 bridgehead atoms. The van der Waals surface area contributed by atoms with E-state index in [0.29, 0.717) is 17.8 Å². The molecule has 0 unspecified atom stereocenters. The number of halogens is 2. The first-order valence-corrected chi connectivity index (χ1v) is 9.13. The van der Waals surface area contributed by atoms with E-state index in [1.54, 1.807) is 6.92 Å². The standard InChI is InChI=1S/C19H16F2O6S/c1-2-26-18(24)14-9-11(13-5-4-12(20)10-15(13)21)3-6-16(14)27-19(25)28-8-7-17(22)23/h3-6,9-10H,2,7-8H2,1H3,(H,22,23). The summed E-state index contributed by atoms with van der Waals surface area (Å²) < 4.78 is 37.2. The first kappa shape index (κ1) is 21.4. The molecule has 0 aliphatic heterocycles. The summed E-state index contributed by atoms with van der Waals surface area (Å²) in [6.07, 6.45) is -0.229. The van der Waals surface area contributed by atoms with E-state index in [1.165, 1.54) is 24.3 Å². The van der Waals surface area contributed by atoms with Crippen LogP contribution in [0.3, 0.4) is 0 Å². The Bertz CT molecular complexity index is 900. The Morgan fingerprint density at radius 3 is 2.50 bits per heavy atom. The summed E-state index contributed by atoms with van der Waals surface area (Å²) in [7, 11) is 0. The smallest absolute Gasteiger partial charge is 0.372 e. The molecule has 28 heavy (non-hydrogen) atoms. The van der Waals surface area contributed by atoms with E-state index < -0.39 is 28.9 Å². The van der Waals surface area contributed by atoms with Crippen LogP contribution in [0.5, 0.6) is 5.75 Å². The van der Waals surface area contributed by atoms with Gasteiger partial charge in [-0.15, -0.1) is 0 Å². The predicted molar refractivity (Wildman–Crippen MR) is 98.5 cm³/mol. The highest BCUT2D eigenvalue weighted by molar-refractivity contribution is 8.13. The SMILES string of the molecule is CCOC(=O)c1cc(-c2ccc(F)cc2F)ccc1OC(=O)SCCC(=O)O. The van der Waals surface area contributed by atoms with Gasteiger partial charge in [-0.1, -0.05) is 6.07 Å². The van der Waals surface area contributed by atoms with Crippen LogP contribution in [0.1, 0.15) is 23.7 Å². The molecule has 6 nitrogen and oxygen atoms in total. The molecule has 2 aromatic rings. The van der Waals surface area contributed by atoms with E-state index in [4.69, 9.17) is 14.6 Å². The number of thioether (sulfide) groups is 1. The summed E-state index contributed by atoms with van der Waals surface area (Å²) in [5, 5.41) is 7.79. The van der Waals surface area contributed by atoms with Crippen molar-refractivity contribution in [3.05, 3.63) is 53.6 Å². The highest BCUT2D eigenvalue weighted by Gasteiger charge is 2.19. The van der Waals surface area contributed by atoms with Crippen molar-refractivity contribution in [1.82, 2.24) is 0 Å². The minimum atomic E-state index is -1.06. The average molecular weight is 410 g/mol. The molecule has 2 rings (SSSR count). The number of ether oxygens (including phenoxy) is 2. The van der Waals surface area contributed by atoms with Gasteiger partial charge in [-0.25, -0.2) is 18.4 Å². The Hall–Kier alpha value is -2.94. The molecule has 0 aromatic heterocycles. The molecule has 148 valence electrons. The maximum atomic E-state index is 14.0. The minimum absolute atomic E-state index is 0.00177. The summed E-state index contributed by atoms with van der Waals surface area (Å²) >= 11 is 0.642. The van der Waals surface area contributed by atoms with E-state index in [9.17, 15) is 23.2 Å². The molecule has 0 radical (unpaired) electrons. The summed E-state index contributed by atoms with van der Waals surface area (Å²) in [6.45, 7) is 1.66. The van der Waals surface area contributed by atoms with Crippen LogP contribution in [0.15, 0.2) is 36.4 Å². The van der Waals surface area contributed by atoms with Crippen LogP contribution in [0.4, 0.5) is 13.6 Å². The first-order chi connectivity index (χ1) is 13.3. The second-order valence-corrected chi connectivity index (χ2v) is 6.43. The number of hydrogen-bond acceptors (Lipinski definition) is 6. The third kappa shape index (κ3) is 5.78. The molecule has 0 saturated heterocycles. The number of aliphatic carboxylic acids is 1. The van der Waals surface area contributed by atoms with E-state index in [-0.39, 0.29) is 41.2 Å². The second kappa shape index (κ2) is 9.84. The van der Waals surface area contributed by atoms with Gasteiger partial charge < -0.3 is 14.6 Å². The summed E-state index contributed by atoms with van der Waals surface area (Å²) in [5.41, 5.74) is 0.204. The number of carbonyl (C=O) groups is 3. The van der Waals surface area contributed by atoms with E-state index in [1.807, 2.05) is 0 Å². The van der Waals surface area contributed by atoms with Gasteiger partial charge in [0.05, 0.1) is 13.0 Å². The predicted octanol–water partition coefficient (Wildman–Crippen LogP) is 4.52. The maximum absolute atomic E-state index is 14.0. The highest BCUT2D eigenvalue weighted by Crippen LogP contribution is 2.30. The van der Waals surface area contributed by atoms with Crippen LogP contribution in [0, 0.1) is 11.6 Å². The Morgan fingerprint density at radius 1 is 1.11 bits per heavy atom. The highest BCUT2D eigenvalue weighted by atomic mass is 32.2. The number of carbonyl (C=O) groups excluding carboxylic acids is 2. The van der Waals surface area contributed by atoms with Crippen molar-refractivity contribution in [2.45, 2.75) is 13.3 Å². The molecular weight excluding hydrogens is 394 g/mol. The van der Waals surface area contributed by atoms with Gasteiger partial charge in [0.15, 0.2) is 0 Å². The molecule has 0 heterocycles. The van der Waals surface area contributed by atoms with Gasteiger partial charge in [0, 0.05) is 17.4 Å². The fourth-order valence-corrected chi connectivity index (χ4v) is 2.81. The van der Waals surface area contributed by atoms with Gasteiger partial charge in [-0.05, 0) is 48.5 Å². The Labute approximate surface area is 163 Å². The van der Waals surface area contributed by atoms with E-state index in [2.05, 4.69) is 0 Å². The summed E-state index contributed by atoms with van der Waals surface area (Å²) in [6, 6.07) is 6.99. The number of hydrogen-bond donors (Lipinski definition) is 1. The average Bonchev–Trinajstić information content (AvgIpc) is 2.62. The lowest BCUT2D eigenvalue weighted by atomic mass is 10.0. The molecule has 0 fully saturated rings. The molecule has 0 spiro atoms. The Morgan fingerprint density at radius 2 is 1.86 bits per heavy atom. The molecule has 0 saturated carbocycles. The van der Waals surface area contributed by atoms with Crippen molar-refractivity contribution >= 4 is 29.0 Å². The molecule has 0 atom stereocenters. The summed E-state index contributed by atoms with van der Waals surface area (Å²) in [4.78, 5) is 34.6. The van der Waals surface area contributed by atoms with Gasteiger partial charge in [-0.3, -0.25) is 4.79 Å². The van der Waals surface area contributed by atoms with Crippen LogP contribution in [0.25, 0.3) is 11.1 Å². The van der Waals surface area contributed by atoms with Gasteiger partial charge in [0.1, 0.15) is 22.9 Å². The molecule has 1 N–H and O–H groups in total. The normalized spacial score (nSPS) is 10.4. The molecule has 9 heteroatoms. The largest absolute Gasteiger partial charge is 0.481 e. The lowest BCUT2D eigenvalue weighted by Crippen LogP contribution is -2.11. The third-order valence-corrected chi connectivity index (χ3v) is 4.17. The van der Waals surface area contributed by atoms with Crippen LogP contribution >= 0.6 is 11.8 Å². The maximum Gasteiger partial charge on any atom is 0.372 e. The van der Waals surface area contributed by atoms with Crippen molar-refractivity contribution in [2.75, 3.05) is 12.4 Å². The number of esters is 1. The third-order valence-electron chi connectivity index (χ3n) is 3.45. The van der Waals surface area contributed by atoms with Crippen molar-refractivity contribution in [1.29, 1.82) is 0 Å². The van der Waals surface area contributed by atoms with Crippen molar-refractivity contribution in [2.24, 2.45) is 0 Å². The summed E-state index contributed by atoms with van der Waals surface area (Å²) in [5.74, 6) is -3.51. The number of benzene rings is 2. The molecular formula is C19H16F2O6S. The van der Waals surface area contributed by atoms with Crippen molar-refractivity contribution < 1.29 is 37.7 Å². The lowest BCUT2D eigenvalue weighted by molar-refractivity contribution is -0.136. The fourth-order valence-electron chi connectivity index (χ4n) is 2.22. The Kier molecular flexibility index (Phi) is 7.51. The number of rotatable bonds is 7. The fraction of sp³-hybridized carbons (Fsp3) is 0.211. The quantitative estimate of drug-likeness (QED) is 0.672. The zero-order valence-electron chi connectivity index (χ0n) is 14.7.